The van der Waals surface area contributed by atoms with E-state index in [4.69, 9.17) is 0 Å². The highest BCUT2D eigenvalue weighted by molar-refractivity contribution is 7.84. The molecule has 0 bridgehead atoms. The second kappa shape index (κ2) is 7.51. The number of carbonyl (C=O) groups excluding carboxylic acids is 1. The Kier molecular flexibility index (Phi) is 5.68. The van der Waals surface area contributed by atoms with E-state index in [1.54, 1.807) is 18.2 Å². The van der Waals surface area contributed by atoms with Gasteiger partial charge in [-0.05, 0) is 18.5 Å². The van der Waals surface area contributed by atoms with Crippen LogP contribution in [0.1, 0.15) is 6.92 Å². The van der Waals surface area contributed by atoms with Crippen LogP contribution >= 0.6 is 11.5 Å². The summed E-state index contributed by atoms with van der Waals surface area (Å²) in [5.41, 5.74) is 1.86. The van der Waals surface area contributed by atoms with E-state index >= 15 is 0 Å². The largest absolute Gasteiger partial charge is 0.324 e. The van der Waals surface area contributed by atoms with Gasteiger partial charge in [-0.1, -0.05) is 30.3 Å². The number of nitrogens with one attached hydrogen (secondary N) is 1. The maximum atomic E-state index is 12.2. The van der Waals surface area contributed by atoms with Crippen LogP contribution in [0.15, 0.2) is 36.4 Å². The molecular formula is C15H19N3O2S2. The van der Waals surface area contributed by atoms with Crippen LogP contribution in [0.2, 0.25) is 0 Å². The maximum Gasteiger partial charge on any atom is 0.322 e. The third kappa shape index (κ3) is 4.38. The topological polar surface area (TPSA) is 62.3 Å². The molecule has 1 heterocycles. The van der Waals surface area contributed by atoms with E-state index in [0.29, 0.717) is 10.8 Å². The van der Waals surface area contributed by atoms with Gasteiger partial charge in [-0.3, -0.25) is 9.53 Å². The minimum absolute atomic E-state index is 0.0904. The maximum absolute atomic E-state index is 12.2. The Hall–Kier alpha value is -1.73. The number of nitrogens with zero attached hydrogens (tertiary/aromatic N) is 2. The summed E-state index contributed by atoms with van der Waals surface area (Å²) in [6, 6.07) is 11.4. The van der Waals surface area contributed by atoms with Gasteiger partial charge >= 0.3 is 6.03 Å². The molecule has 0 aliphatic heterocycles. The van der Waals surface area contributed by atoms with Crippen molar-refractivity contribution in [1.82, 2.24) is 9.27 Å². The highest BCUT2D eigenvalue weighted by Crippen LogP contribution is 2.25. The van der Waals surface area contributed by atoms with Gasteiger partial charge in [0, 0.05) is 47.5 Å². The van der Waals surface area contributed by atoms with Crippen LogP contribution in [0.4, 0.5) is 9.80 Å². The number of hydrogen-bond donors (Lipinski definition) is 1. The van der Waals surface area contributed by atoms with Crippen molar-refractivity contribution >= 4 is 33.4 Å². The van der Waals surface area contributed by atoms with Crippen LogP contribution in [0.25, 0.3) is 11.3 Å². The normalized spacial score (nSPS) is 13.4. The molecular weight excluding hydrogens is 318 g/mol. The first kappa shape index (κ1) is 16.6. The van der Waals surface area contributed by atoms with Crippen molar-refractivity contribution in [2.75, 3.05) is 24.4 Å². The van der Waals surface area contributed by atoms with Gasteiger partial charge in [0.25, 0.3) is 0 Å². The van der Waals surface area contributed by atoms with Gasteiger partial charge in [-0.15, -0.1) is 0 Å². The van der Waals surface area contributed by atoms with Gasteiger partial charge in [0.05, 0.1) is 5.69 Å². The van der Waals surface area contributed by atoms with E-state index in [1.165, 1.54) is 11.5 Å². The Morgan fingerprint density at radius 2 is 2.09 bits per heavy atom. The zero-order chi connectivity index (χ0) is 16.1. The molecule has 2 rings (SSSR count). The van der Waals surface area contributed by atoms with E-state index in [2.05, 4.69) is 9.69 Å². The molecule has 7 heteroatoms. The van der Waals surface area contributed by atoms with Crippen molar-refractivity contribution < 1.29 is 9.00 Å². The molecule has 2 amide bonds. The lowest BCUT2D eigenvalue weighted by Gasteiger charge is -2.23. The second-order valence-electron chi connectivity index (χ2n) is 5.07. The number of rotatable bonds is 5. The molecule has 0 fully saturated rings. The number of aromatic nitrogens is 1. The van der Waals surface area contributed by atoms with Gasteiger partial charge in [0.1, 0.15) is 5.00 Å². The molecule has 2 aromatic rings. The van der Waals surface area contributed by atoms with Crippen LogP contribution in [0.3, 0.4) is 0 Å². The molecule has 5 nitrogen and oxygen atoms in total. The smallest absolute Gasteiger partial charge is 0.322 e. The Bertz CT molecular complexity index is 658. The zero-order valence-corrected chi connectivity index (χ0v) is 14.4. The average molecular weight is 337 g/mol. The number of anilines is 1. The third-order valence-electron chi connectivity index (χ3n) is 3.27. The van der Waals surface area contributed by atoms with Crippen LogP contribution in [-0.2, 0) is 10.8 Å². The van der Waals surface area contributed by atoms with Crippen LogP contribution in [-0.4, -0.2) is 44.6 Å². The highest BCUT2D eigenvalue weighted by atomic mass is 32.2. The SMILES string of the molecule is C[C@H](C[S@](C)=O)N(C)C(=O)Nc1cc(-c2ccccc2)ns1. The van der Waals surface area contributed by atoms with Crippen molar-refractivity contribution in [3.8, 4) is 11.3 Å². The lowest BCUT2D eigenvalue weighted by atomic mass is 10.2. The predicted molar refractivity (Wildman–Crippen MR) is 92.7 cm³/mol. The average Bonchev–Trinajstić information content (AvgIpc) is 2.95. The first-order valence-electron chi connectivity index (χ1n) is 6.83. The molecule has 0 radical (unpaired) electrons. The quantitative estimate of drug-likeness (QED) is 0.912. The molecule has 118 valence electrons. The fourth-order valence-electron chi connectivity index (χ4n) is 1.92. The van der Waals surface area contributed by atoms with E-state index in [1.807, 2.05) is 43.3 Å². The number of urea groups is 1. The molecule has 0 saturated carbocycles. The summed E-state index contributed by atoms with van der Waals surface area (Å²) in [6.07, 6.45) is 1.64. The van der Waals surface area contributed by atoms with Gasteiger partial charge in [0.15, 0.2) is 0 Å². The molecule has 1 aromatic carbocycles. The van der Waals surface area contributed by atoms with Crippen molar-refractivity contribution in [3.05, 3.63) is 36.4 Å². The summed E-state index contributed by atoms with van der Waals surface area (Å²) < 4.78 is 15.6. The lowest BCUT2D eigenvalue weighted by Crippen LogP contribution is -2.40. The van der Waals surface area contributed by atoms with Crippen molar-refractivity contribution in [2.45, 2.75) is 13.0 Å². The molecule has 22 heavy (non-hydrogen) atoms. The molecule has 1 N–H and O–H groups in total. The number of carbonyl (C=O) groups is 1. The minimum Gasteiger partial charge on any atom is -0.324 e. The summed E-state index contributed by atoms with van der Waals surface area (Å²) in [5.74, 6) is 0.460. The molecule has 0 spiro atoms. The second-order valence-corrected chi connectivity index (χ2v) is 7.36. The fourth-order valence-corrected chi connectivity index (χ4v) is 3.48. The van der Waals surface area contributed by atoms with E-state index < -0.39 is 10.8 Å². The lowest BCUT2D eigenvalue weighted by molar-refractivity contribution is 0.212. The van der Waals surface area contributed by atoms with Crippen molar-refractivity contribution in [1.29, 1.82) is 0 Å². The van der Waals surface area contributed by atoms with E-state index in [9.17, 15) is 9.00 Å². The summed E-state index contributed by atoms with van der Waals surface area (Å²) in [6.45, 7) is 1.88. The van der Waals surface area contributed by atoms with Gasteiger partial charge < -0.3 is 4.90 Å². The number of benzene rings is 1. The number of hydrogen-bond acceptors (Lipinski definition) is 4. The Morgan fingerprint density at radius 3 is 2.73 bits per heavy atom. The Morgan fingerprint density at radius 1 is 1.41 bits per heavy atom. The third-order valence-corrected chi connectivity index (χ3v) is 4.92. The van der Waals surface area contributed by atoms with Gasteiger partial charge in [0.2, 0.25) is 0 Å². The molecule has 0 unspecified atom stereocenters. The summed E-state index contributed by atoms with van der Waals surface area (Å²) >= 11 is 1.25. The minimum atomic E-state index is -0.931. The van der Waals surface area contributed by atoms with Crippen molar-refractivity contribution in [3.63, 3.8) is 0 Å². The summed E-state index contributed by atoms with van der Waals surface area (Å²) in [5, 5.41) is 3.52. The molecule has 1 aromatic heterocycles. The molecule has 0 aliphatic rings. The standard InChI is InChI=1S/C15H19N3O2S2/c1-11(10-22(3)20)18(2)15(19)16-14-9-13(17-21-14)12-7-5-4-6-8-12/h4-9,11H,10H2,1-3H3,(H,16,19)/t11-,22+/m1/s1. The monoisotopic (exact) mass is 337 g/mol. The van der Waals surface area contributed by atoms with E-state index in [0.717, 1.165) is 11.3 Å². The van der Waals surface area contributed by atoms with Gasteiger partial charge in [-0.2, -0.15) is 4.37 Å². The molecule has 2 atom stereocenters. The Labute approximate surface area is 137 Å². The summed E-state index contributed by atoms with van der Waals surface area (Å²) in [7, 11) is 0.769. The van der Waals surface area contributed by atoms with Crippen LogP contribution in [0.5, 0.6) is 0 Å². The zero-order valence-electron chi connectivity index (χ0n) is 12.8. The summed E-state index contributed by atoms with van der Waals surface area (Å²) in [4.78, 5) is 13.7. The number of amides is 2. The van der Waals surface area contributed by atoms with Crippen LogP contribution < -0.4 is 5.32 Å². The van der Waals surface area contributed by atoms with Crippen molar-refractivity contribution in [2.24, 2.45) is 0 Å². The van der Waals surface area contributed by atoms with Gasteiger partial charge in [-0.25, -0.2) is 4.79 Å². The Balaban J connectivity index is 2.01. The van der Waals surface area contributed by atoms with Crippen LogP contribution in [0, 0.1) is 0 Å². The van der Waals surface area contributed by atoms with E-state index in [-0.39, 0.29) is 12.1 Å². The molecule has 0 saturated heterocycles. The fraction of sp³-hybridized carbons (Fsp3) is 0.333. The highest BCUT2D eigenvalue weighted by Gasteiger charge is 2.17. The predicted octanol–water partition coefficient (Wildman–Crippen LogP) is 3.04. The first-order valence-corrected chi connectivity index (χ1v) is 9.33. The molecule has 0 aliphatic carbocycles. The first-order chi connectivity index (χ1) is 10.5.